The number of carboxylic acids is 1. The molecule has 1 aromatic heterocycles. The summed E-state index contributed by atoms with van der Waals surface area (Å²) in [5, 5.41) is 11.1. The van der Waals surface area contributed by atoms with Gasteiger partial charge >= 0.3 is 5.97 Å². The van der Waals surface area contributed by atoms with E-state index in [1.54, 1.807) is 18.3 Å². The highest BCUT2D eigenvalue weighted by molar-refractivity contribution is 6.02. The molecular formula is C23H26N4O3. The van der Waals surface area contributed by atoms with Crippen LogP contribution in [0.25, 0.3) is 11.1 Å². The van der Waals surface area contributed by atoms with Crippen LogP contribution in [0.4, 0.5) is 0 Å². The third-order valence-electron chi connectivity index (χ3n) is 4.75. The molecule has 0 aliphatic carbocycles. The Kier molecular flexibility index (Phi) is 6.98. The fourth-order valence-electron chi connectivity index (χ4n) is 3.31. The second-order valence-corrected chi connectivity index (χ2v) is 7.48. The van der Waals surface area contributed by atoms with Crippen molar-refractivity contribution in [2.45, 2.75) is 32.9 Å². The average molecular weight is 406 g/mol. The molecule has 7 heteroatoms. The van der Waals surface area contributed by atoms with Crippen LogP contribution in [0.1, 0.15) is 36.3 Å². The van der Waals surface area contributed by atoms with Gasteiger partial charge in [0, 0.05) is 11.8 Å². The summed E-state index contributed by atoms with van der Waals surface area (Å²) in [6, 6.07) is 15.8. The van der Waals surface area contributed by atoms with E-state index in [1.165, 1.54) is 11.3 Å². The van der Waals surface area contributed by atoms with Gasteiger partial charge in [0.05, 0.1) is 18.6 Å². The Labute approximate surface area is 175 Å². The normalized spacial score (nSPS) is 12.0. The standard InChI is InChI=1S/C23H26N4O3/c1-16(2)12-21(23(29)30)27(26-14-18-13-24-15-25-18)22(28)20-11-7-6-10-19(20)17-8-4-3-5-9-17/h3-11,13,15-16,21,26H,12,14H2,1-2H3,(H,24,25)(H,29,30)/t21-/m0/s1. The van der Waals surface area contributed by atoms with Gasteiger partial charge in [0.15, 0.2) is 0 Å². The van der Waals surface area contributed by atoms with Crippen LogP contribution in [0.3, 0.4) is 0 Å². The fraction of sp³-hybridized carbons (Fsp3) is 0.261. The predicted octanol–water partition coefficient (Wildman–Crippen LogP) is 3.72. The first-order chi connectivity index (χ1) is 14.5. The van der Waals surface area contributed by atoms with Crippen molar-refractivity contribution in [2.24, 2.45) is 5.92 Å². The zero-order chi connectivity index (χ0) is 21.5. The van der Waals surface area contributed by atoms with Gasteiger partial charge in [0.25, 0.3) is 5.91 Å². The molecule has 3 aromatic rings. The van der Waals surface area contributed by atoms with Crippen molar-refractivity contribution in [2.75, 3.05) is 0 Å². The van der Waals surface area contributed by atoms with Crippen LogP contribution in [-0.4, -0.2) is 38.0 Å². The molecule has 1 heterocycles. The molecule has 0 bridgehead atoms. The van der Waals surface area contributed by atoms with E-state index in [-0.39, 0.29) is 18.4 Å². The number of aliphatic carboxylic acids is 1. The maximum absolute atomic E-state index is 13.6. The summed E-state index contributed by atoms with van der Waals surface area (Å²) >= 11 is 0. The number of amides is 1. The number of rotatable bonds is 9. The SMILES string of the molecule is CC(C)C[C@@H](C(=O)O)N(NCc1cnc[nH]1)C(=O)c1ccccc1-c1ccccc1. The fourth-order valence-corrected chi connectivity index (χ4v) is 3.31. The average Bonchev–Trinajstić information content (AvgIpc) is 3.27. The van der Waals surface area contributed by atoms with Crippen LogP contribution in [0.15, 0.2) is 67.1 Å². The van der Waals surface area contributed by atoms with Crippen LogP contribution in [0, 0.1) is 5.92 Å². The largest absolute Gasteiger partial charge is 0.480 e. The summed E-state index contributed by atoms with van der Waals surface area (Å²) in [7, 11) is 0. The molecule has 30 heavy (non-hydrogen) atoms. The predicted molar refractivity (Wildman–Crippen MR) is 114 cm³/mol. The van der Waals surface area contributed by atoms with Gasteiger partial charge in [-0.2, -0.15) is 0 Å². The Balaban J connectivity index is 1.98. The molecule has 0 saturated carbocycles. The van der Waals surface area contributed by atoms with Crippen LogP contribution < -0.4 is 5.43 Å². The number of imidazole rings is 1. The van der Waals surface area contributed by atoms with E-state index in [0.717, 1.165) is 16.8 Å². The van der Waals surface area contributed by atoms with Gasteiger partial charge in [-0.3, -0.25) is 9.80 Å². The van der Waals surface area contributed by atoms with E-state index in [0.29, 0.717) is 12.0 Å². The van der Waals surface area contributed by atoms with Gasteiger partial charge in [-0.15, -0.1) is 0 Å². The lowest BCUT2D eigenvalue weighted by Gasteiger charge is -2.31. The first-order valence-electron chi connectivity index (χ1n) is 9.89. The lowest BCUT2D eigenvalue weighted by atomic mass is 9.97. The molecule has 0 radical (unpaired) electrons. The molecule has 2 aromatic carbocycles. The number of carbonyl (C=O) groups excluding carboxylic acids is 1. The third kappa shape index (κ3) is 5.12. The van der Waals surface area contributed by atoms with E-state index < -0.39 is 12.0 Å². The van der Waals surface area contributed by atoms with Crippen molar-refractivity contribution < 1.29 is 14.7 Å². The minimum Gasteiger partial charge on any atom is -0.480 e. The van der Waals surface area contributed by atoms with Crippen LogP contribution >= 0.6 is 0 Å². The summed E-state index contributed by atoms with van der Waals surface area (Å²) in [6.07, 6.45) is 3.49. The van der Waals surface area contributed by atoms with Crippen LogP contribution in [-0.2, 0) is 11.3 Å². The van der Waals surface area contributed by atoms with Gasteiger partial charge in [-0.05, 0) is 29.5 Å². The highest BCUT2D eigenvalue weighted by Gasteiger charge is 2.32. The number of nitrogens with one attached hydrogen (secondary N) is 2. The maximum Gasteiger partial charge on any atom is 0.328 e. The molecular weight excluding hydrogens is 380 g/mol. The molecule has 0 unspecified atom stereocenters. The number of carboxylic acid groups (broad SMARTS) is 1. The van der Waals surface area contributed by atoms with Crippen LogP contribution in [0.2, 0.25) is 0 Å². The lowest BCUT2D eigenvalue weighted by molar-refractivity contribution is -0.144. The van der Waals surface area contributed by atoms with E-state index in [4.69, 9.17) is 0 Å². The molecule has 1 amide bonds. The number of hydrogen-bond acceptors (Lipinski definition) is 4. The van der Waals surface area contributed by atoms with E-state index in [9.17, 15) is 14.7 Å². The molecule has 0 saturated heterocycles. The number of aromatic amines is 1. The Morgan fingerprint density at radius 3 is 2.43 bits per heavy atom. The van der Waals surface area contributed by atoms with Crippen molar-refractivity contribution in [1.82, 2.24) is 20.4 Å². The van der Waals surface area contributed by atoms with E-state index in [2.05, 4.69) is 15.4 Å². The van der Waals surface area contributed by atoms with Gasteiger partial charge in [-0.1, -0.05) is 62.4 Å². The monoisotopic (exact) mass is 406 g/mol. The lowest BCUT2D eigenvalue weighted by Crippen LogP contribution is -2.53. The summed E-state index contributed by atoms with van der Waals surface area (Å²) < 4.78 is 0. The number of H-pyrrole nitrogens is 1. The summed E-state index contributed by atoms with van der Waals surface area (Å²) in [6.45, 7) is 4.12. The Morgan fingerprint density at radius 2 is 1.80 bits per heavy atom. The molecule has 1 atom stereocenters. The Bertz CT molecular complexity index is 971. The number of carbonyl (C=O) groups is 2. The zero-order valence-corrected chi connectivity index (χ0v) is 17.1. The van der Waals surface area contributed by atoms with E-state index >= 15 is 0 Å². The van der Waals surface area contributed by atoms with Crippen molar-refractivity contribution in [3.05, 3.63) is 78.4 Å². The van der Waals surface area contributed by atoms with Gasteiger partial charge in [-0.25, -0.2) is 15.2 Å². The third-order valence-corrected chi connectivity index (χ3v) is 4.75. The Morgan fingerprint density at radius 1 is 1.10 bits per heavy atom. The smallest absolute Gasteiger partial charge is 0.328 e. The molecule has 0 aliphatic heterocycles. The van der Waals surface area contributed by atoms with Crippen molar-refractivity contribution in [3.63, 3.8) is 0 Å². The Hall–Kier alpha value is -3.45. The first kappa shape index (κ1) is 21.3. The number of hydrazine groups is 1. The molecule has 3 N–H and O–H groups in total. The summed E-state index contributed by atoms with van der Waals surface area (Å²) in [5.74, 6) is -1.34. The summed E-state index contributed by atoms with van der Waals surface area (Å²) in [5.41, 5.74) is 5.86. The van der Waals surface area contributed by atoms with Crippen molar-refractivity contribution in [3.8, 4) is 11.1 Å². The quantitative estimate of drug-likeness (QED) is 0.471. The summed E-state index contributed by atoms with van der Waals surface area (Å²) in [4.78, 5) is 32.6. The molecule has 7 nitrogen and oxygen atoms in total. The topological polar surface area (TPSA) is 98.3 Å². The molecule has 0 fully saturated rings. The van der Waals surface area contributed by atoms with Crippen LogP contribution in [0.5, 0.6) is 0 Å². The number of nitrogens with zero attached hydrogens (tertiary/aromatic N) is 2. The molecule has 0 aliphatic rings. The highest BCUT2D eigenvalue weighted by atomic mass is 16.4. The van der Waals surface area contributed by atoms with E-state index in [1.807, 2.05) is 56.3 Å². The number of hydrogen-bond donors (Lipinski definition) is 3. The minimum atomic E-state index is -1.05. The van der Waals surface area contributed by atoms with Crippen molar-refractivity contribution in [1.29, 1.82) is 0 Å². The number of aromatic nitrogens is 2. The minimum absolute atomic E-state index is 0.0970. The second kappa shape index (κ2) is 9.84. The van der Waals surface area contributed by atoms with Gasteiger partial charge in [0.2, 0.25) is 0 Å². The zero-order valence-electron chi connectivity index (χ0n) is 17.1. The van der Waals surface area contributed by atoms with Crippen molar-refractivity contribution >= 4 is 11.9 Å². The first-order valence-corrected chi connectivity index (χ1v) is 9.89. The van der Waals surface area contributed by atoms with Gasteiger partial charge in [0.1, 0.15) is 6.04 Å². The molecule has 156 valence electrons. The second-order valence-electron chi connectivity index (χ2n) is 7.48. The number of benzene rings is 2. The maximum atomic E-state index is 13.6. The molecule has 0 spiro atoms. The molecule has 3 rings (SSSR count). The van der Waals surface area contributed by atoms with Gasteiger partial charge < -0.3 is 10.1 Å². The highest BCUT2D eigenvalue weighted by Crippen LogP contribution is 2.25.